The minimum absolute atomic E-state index is 0.267. The van der Waals surface area contributed by atoms with E-state index in [1.807, 2.05) is 25.2 Å². The van der Waals surface area contributed by atoms with Crippen LogP contribution in [0.4, 0.5) is 0 Å². The zero-order valence-corrected chi connectivity index (χ0v) is 9.90. The second-order valence-corrected chi connectivity index (χ2v) is 4.02. The third kappa shape index (κ3) is 1.65. The van der Waals surface area contributed by atoms with Crippen LogP contribution >= 0.6 is 0 Å². The molecule has 2 rings (SSSR count). The predicted molar refractivity (Wildman–Crippen MR) is 64.7 cm³/mol. The van der Waals surface area contributed by atoms with E-state index in [2.05, 4.69) is 16.5 Å². The first-order valence-corrected chi connectivity index (χ1v) is 5.37. The van der Waals surface area contributed by atoms with Crippen LogP contribution in [0.3, 0.4) is 0 Å². The Balaban J connectivity index is 2.58. The number of hydrogen-bond acceptors (Lipinski definition) is 3. The van der Waals surface area contributed by atoms with Crippen molar-refractivity contribution < 1.29 is 4.74 Å². The Morgan fingerprint density at radius 1 is 1.50 bits per heavy atom. The summed E-state index contributed by atoms with van der Waals surface area (Å²) in [7, 11) is 3.68. The molecule has 1 unspecified atom stereocenters. The lowest BCUT2D eigenvalue weighted by atomic mass is 10.2. The third-order valence-electron chi connectivity index (χ3n) is 2.92. The van der Waals surface area contributed by atoms with Crippen molar-refractivity contribution in [3.63, 3.8) is 0 Å². The van der Waals surface area contributed by atoms with Crippen LogP contribution < -0.4 is 10.5 Å². The number of methoxy groups -OCH3 is 1. The second kappa shape index (κ2) is 4.14. The van der Waals surface area contributed by atoms with Crippen LogP contribution in [-0.2, 0) is 7.05 Å². The highest BCUT2D eigenvalue weighted by molar-refractivity contribution is 5.77. The van der Waals surface area contributed by atoms with Crippen LogP contribution in [0.5, 0.6) is 5.75 Å². The Bertz CT molecular complexity index is 504. The Morgan fingerprint density at radius 2 is 2.25 bits per heavy atom. The summed E-state index contributed by atoms with van der Waals surface area (Å²) in [6.45, 7) is 2.69. The molecule has 1 atom stereocenters. The molecule has 0 amide bonds. The number of aryl methyl sites for hydroxylation is 1. The quantitative estimate of drug-likeness (QED) is 0.853. The van der Waals surface area contributed by atoms with Crippen LogP contribution in [0.2, 0.25) is 0 Å². The van der Waals surface area contributed by atoms with Crippen LogP contribution in [-0.4, -0.2) is 23.2 Å². The summed E-state index contributed by atoms with van der Waals surface area (Å²) in [5, 5.41) is 0. The summed E-state index contributed by atoms with van der Waals surface area (Å²) < 4.78 is 7.27. The van der Waals surface area contributed by atoms with Crippen molar-refractivity contribution in [2.24, 2.45) is 12.8 Å². The molecule has 4 nitrogen and oxygen atoms in total. The lowest BCUT2D eigenvalue weighted by molar-refractivity contribution is 0.415. The molecule has 1 heterocycles. The number of hydrogen-bond donors (Lipinski definition) is 1. The Morgan fingerprint density at radius 3 is 2.88 bits per heavy atom. The molecule has 86 valence electrons. The van der Waals surface area contributed by atoms with Crippen LogP contribution in [0.1, 0.15) is 18.7 Å². The highest BCUT2D eigenvalue weighted by atomic mass is 16.5. The monoisotopic (exact) mass is 219 g/mol. The van der Waals surface area contributed by atoms with Gasteiger partial charge < -0.3 is 15.0 Å². The average Bonchev–Trinajstić information content (AvgIpc) is 2.65. The van der Waals surface area contributed by atoms with Gasteiger partial charge in [0.2, 0.25) is 0 Å². The van der Waals surface area contributed by atoms with Crippen molar-refractivity contribution >= 4 is 11.0 Å². The molecule has 0 spiro atoms. The van der Waals surface area contributed by atoms with E-state index < -0.39 is 0 Å². The fourth-order valence-electron chi connectivity index (χ4n) is 1.87. The summed E-state index contributed by atoms with van der Waals surface area (Å²) in [6.07, 6.45) is 0. The van der Waals surface area contributed by atoms with E-state index in [-0.39, 0.29) is 5.92 Å². The van der Waals surface area contributed by atoms with E-state index in [9.17, 15) is 0 Å². The van der Waals surface area contributed by atoms with E-state index in [0.717, 1.165) is 22.6 Å². The SMILES string of the molecule is COc1ccc2c(c1)nc(C(C)CN)n2C. The summed E-state index contributed by atoms with van der Waals surface area (Å²) in [5.41, 5.74) is 7.74. The number of imidazole rings is 1. The number of fused-ring (bicyclic) bond motifs is 1. The van der Waals surface area contributed by atoms with Gasteiger partial charge in [-0.25, -0.2) is 4.98 Å². The number of nitrogens with two attached hydrogens (primary N) is 1. The van der Waals surface area contributed by atoms with E-state index in [1.54, 1.807) is 7.11 Å². The van der Waals surface area contributed by atoms with Gasteiger partial charge in [-0.05, 0) is 12.1 Å². The molecule has 0 radical (unpaired) electrons. The molecular weight excluding hydrogens is 202 g/mol. The lowest BCUT2D eigenvalue weighted by Crippen LogP contribution is -2.13. The van der Waals surface area contributed by atoms with Gasteiger partial charge >= 0.3 is 0 Å². The molecule has 2 N–H and O–H groups in total. The second-order valence-electron chi connectivity index (χ2n) is 4.02. The van der Waals surface area contributed by atoms with Gasteiger partial charge in [-0.15, -0.1) is 0 Å². The van der Waals surface area contributed by atoms with Gasteiger partial charge in [-0.2, -0.15) is 0 Å². The molecule has 0 bridgehead atoms. The van der Waals surface area contributed by atoms with Crippen molar-refractivity contribution in [3.8, 4) is 5.75 Å². The van der Waals surface area contributed by atoms with E-state index in [4.69, 9.17) is 10.5 Å². The van der Waals surface area contributed by atoms with E-state index in [1.165, 1.54) is 0 Å². The third-order valence-corrected chi connectivity index (χ3v) is 2.92. The lowest BCUT2D eigenvalue weighted by Gasteiger charge is -2.07. The normalized spacial score (nSPS) is 13.0. The first kappa shape index (κ1) is 11.0. The molecule has 0 saturated heterocycles. The standard InChI is InChI=1S/C12H17N3O/c1-8(7-13)12-14-10-6-9(16-3)4-5-11(10)15(12)2/h4-6,8H,7,13H2,1-3H3. The number of aromatic nitrogens is 2. The van der Waals surface area contributed by atoms with Gasteiger partial charge in [0.05, 0.1) is 18.1 Å². The molecule has 0 aliphatic heterocycles. The highest BCUT2D eigenvalue weighted by Gasteiger charge is 2.13. The Labute approximate surface area is 95.0 Å². The van der Waals surface area contributed by atoms with Crippen molar-refractivity contribution in [1.82, 2.24) is 9.55 Å². The maximum atomic E-state index is 5.67. The van der Waals surface area contributed by atoms with E-state index in [0.29, 0.717) is 6.54 Å². The maximum Gasteiger partial charge on any atom is 0.121 e. The molecule has 0 fully saturated rings. The molecule has 0 aliphatic carbocycles. The number of benzene rings is 1. The zero-order chi connectivity index (χ0) is 11.7. The Hall–Kier alpha value is -1.55. The largest absolute Gasteiger partial charge is 0.497 e. The minimum atomic E-state index is 0.267. The summed E-state index contributed by atoms with van der Waals surface area (Å²) >= 11 is 0. The molecule has 2 aromatic rings. The molecule has 1 aromatic heterocycles. The molecule has 0 aliphatic rings. The molecule has 1 aromatic carbocycles. The van der Waals surface area contributed by atoms with Gasteiger partial charge in [0.1, 0.15) is 11.6 Å². The maximum absolute atomic E-state index is 5.67. The molecule has 4 heteroatoms. The summed E-state index contributed by atoms with van der Waals surface area (Å²) in [4.78, 5) is 4.59. The average molecular weight is 219 g/mol. The fraction of sp³-hybridized carbons (Fsp3) is 0.417. The molecule has 16 heavy (non-hydrogen) atoms. The smallest absolute Gasteiger partial charge is 0.121 e. The van der Waals surface area contributed by atoms with Gasteiger partial charge in [-0.1, -0.05) is 6.92 Å². The number of ether oxygens (including phenoxy) is 1. The van der Waals surface area contributed by atoms with E-state index >= 15 is 0 Å². The van der Waals surface area contributed by atoms with Crippen molar-refractivity contribution in [1.29, 1.82) is 0 Å². The summed E-state index contributed by atoms with van der Waals surface area (Å²) in [6, 6.07) is 5.91. The molecular formula is C12H17N3O. The van der Waals surface area contributed by atoms with Crippen LogP contribution in [0.15, 0.2) is 18.2 Å². The predicted octanol–water partition coefficient (Wildman–Crippen LogP) is 1.64. The summed E-state index contributed by atoms with van der Waals surface area (Å²) in [5.74, 6) is 2.12. The topological polar surface area (TPSA) is 53.1 Å². The van der Waals surface area contributed by atoms with Crippen molar-refractivity contribution in [2.75, 3.05) is 13.7 Å². The van der Waals surface area contributed by atoms with Gasteiger partial charge in [-0.3, -0.25) is 0 Å². The van der Waals surface area contributed by atoms with Gasteiger partial charge in [0, 0.05) is 25.6 Å². The van der Waals surface area contributed by atoms with Gasteiger partial charge in [0.15, 0.2) is 0 Å². The van der Waals surface area contributed by atoms with Crippen molar-refractivity contribution in [2.45, 2.75) is 12.8 Å². The first-order valence-electron chi connectivity index (χ1n) is 5.37. The van der Waals surface area contributed by atoms with Crippen LogP contribution in [0.25, 0.3) is 11.0 Å². The number of rotatable bonds is 3. The first-order chi connectivity index (χ1) is 7.67. The highest BCUT2D eigenvalue weighted by Crippen LogP contribution is 2.23. The zero-order valence-electron chi connectivity index (χ0n) is 9.90. The van der Waals surface area contributed by atoms with Crippen molar-refractivity contribution in [3.05, 3.63) is 24.0 Å². The Kier molecular flexibility index (Phi) is 2.83. The number of nitrogens with zero attached hydrogens (tertiary/aromatic N) is 2. The molecule has 0 saturated carbocycles. The fourth-order valence-corrected chi connectivity index (χ4v) is 1.87. The minimum Gasteiger partial charge on any atom is -0.497 e. The van der Waals surface area contributed by atoms with Gasteiger partial charge in [0.25, 0.3) is 0 Å². The van der Waals surface area contributed by atoms with Crippen LogP contribution in [0, 0.1) is 0 Å².